The number of benzene rings is 1. The molecule has 0 aliphatic carbocycles. The predicted molar refractivity (Wildman–Crippen MR) is 157 cm³/mol. The number of anilines is 2. The summed E-state index contributed by atoms with van der Waals surface area (Å²) < 4.78 is 0. The van der Waals surface area contributed by atoms with Gasteiger partial charge in [-0.15, -0.1) is 0 Å². The van der Waals surface area contributed by atoms with Crippen molar-refractivity contribution in [1.29, 1.82) is 0 Å². The Balaban J connectivity index is 1.29. The number of hydrogen-bond acceptors (Lipinski definition) is 11. The van der Waals surface area contributed by atoms with Gasteiger partial charge >= 0.3 is 5.97 Å². The third-order valence-corrected chi connectivity index (χ3v) is 7.37. The fraction of sp³-hybridized carbons (Fsp3) is 0.464. The monoisotopic (exact) mass is 595 g/mol. The zero-order chi connectivity index (χ0) is 31.5. The molecule has 1 aliphatic rings. The van der Waals surface area contributed by atoms with E-state index in [9.17, 15) is 29.5 Å². The number of aliphatic carboxylic acids is 1. The van der Waals surface area contributed by atoms with Gasteiger partial charge < -0.3 is 32.0 Å². The second kappa shape index (κ2) is 12.3. The van der Waals surface area contributed by atoms with E-state index in [2.05, 4.69) is 35.9 Å². The van der Waals surface area contributed by atoms with Crippen LogP contribution in [0.25, 0.3) is 11.2 Å². The van der Waals surface area contributed by atoms with Crippen molar-refractivity contribution in [1.82, 2.24) is 35.6 Å². The highest BCUT2D eigenvalue weighted by molar-refractivity contribution is 5.97. The Morgan fingerprint density at radius 3 is 2.40 bits per heavy atom. The average molecular weight is 596 g/mol. The lowest BCUT2D eigenvalue weighted by Crippen LogP contribution is -2.63. The Kier molecular flexibility index (Phi) is 8.96. The van der Waals surface area contributed by atoms with Gasteiger partial charge in [0, 0.05) is 34.8 Å². The minimum atomic E-state index is -1.26. The number of carbonyl (C=O) groups is 3. The first kappa shape index (κ1) is 31.3. The highest BCUT2D eigenvalue weighted by Crippen LogP contribution is 2.36. The lowest BCUT2D eigenvalue weighted by molar-refractivity contribution is -0.246. The lowest BCUT2D eigenvalue weighted by atomic mass is 9.79. The number of carboxylic acid groups (broad SMARTS) is 1. The molecule has 0 bridgehead atoms. The summed E-state index contributed by atoms with van der Waals surface area (Å²) in [5, 5.41) is 30.0. The first-order valence-corrected chi connectivity index (χ1v) is 13.8. The summed E-state index contributed by atoms with van der Waals surface area (Å²) in [6.07, 6.45) is 2.36. The number of hydrogen-bond donors (Lipinski definition) is 7. The number of nitrogens with one attached hydrogen (secondary N) is 4. The molecule has 15 nitrogen and oxygen atoms in total. The highest BCUT2D eigenvalue weighted by Gasteiger charge is 2.45. The van der Waals surface area contributed by atoms with E-state index < -0.39 is 34.6 Å². The number of hydroxylamine groups is 2. The van der Waals surface area contributed by atoms with Crippen molar-refractivity contribution in [2.75, 3.05) is 11.1 Å². The van der Waals surface area contributed by atoms with Crippen LogP contribution in [0.4, 0.5) is 11.6 Å². The summed E-state index contributed by atoms with van der Waals surface area (Å²) in [5.41, 5.74) is 5.50. The summed E-state index contributed by atoms with van der Waals surface area (Å²) in [6, 6.07) is 4.90. The molecule has 43 heavy (non-hydrogen) atoms. The van der Waals surface area contributed by atoms with E-state index in [-0.39, 0.29) is 54.0 Å². The van der Waals surface area contributed by atoms with Crippen LogP contribution in [-0.4, -0.2) is 76.3 Å². The number of carboxylic acids is 1. The maximum absolute atomic E-state index is 12.8. The van der Waals surface area contributed by atoms with Crippen LogP contribution in [0.2, 0.25) is 0 Å². The minimum Gasteiger partial charge on any atom is -0.480 e. The van der Waals surface area contributed by atoms with Crippen LogP contribution in [0.3, 0.4) is 0 Å². The van der Waals surface area contributed by atoms with Gasteiger partial charge in [0.15, 0.2) is 11.2 Å². The topological polar surface area (TPSA) is 229 Å². The molecule has 4 rings (SSSR count). The molecule has 1 saturated heterocycles. The number of nitrogen functional groups attached to an aromatic ring is 1. The summed E-state index contributed by atoms with van der Waals surface area (Å²) in [4.78, 5) is 64.0. The first-order chi connectivity index (χ1) is 20.1. The SMILES string of the molecule is CC1(C)CC(NC(=O)CCC(NC(=O)c2ccc(NCc3cnc4nc(N)[nH]c(=O)c4n3)cc2)C(=O)O)CC(C)(C)N1O. The largest absolute Gasteiger partial charge is 0.480 e. The molecule has 8 N–H and O–H groups in total. The van der Waals surface area contributed by atoms with Gasteiger partial charge in [0.1, 0.15) is 6.04 Å². The van der Waals surface area contributed by atoms with Crippen LogP contribution in [0.15, 0.2) is 35.3 Å². The molecule has 1 atom stereocenters. The standard InChI is InChI=1S/C28H37N9O6/c1-27(2)11-17(12-28(3,4)37(27)43)32-20(38)10-9-19(25(41)42)34-23(39)15-5-7-16(8-6-15)30-13-18-14-31-22-21(33-18)24(40)36-26(29)35-22/h5-8,14,17,19,30,43H,9-13H2,1-4H3,(H,32,38)(H,34,39)(H,41,42)(H3,29,31,35,36,40). The van der Waals surface area contributed by atoms with Crippen molar-refractivity contribution in [2.24, 2.45) is 0 Å². The Morgan fingerprint density at radius 2 is 1.77 bits per heavy atom. The van der Waals surface area contributed by atoms with Crippen LogP contribution in [0, 0.1) is 0 Å². The summed E-state index contributed by atoms with van der Waals surface area (Å²) in [6.45, 7) is 7.80. The molecule has 15 heteroatoms. The van der Waals surface area contributed by atoms with Crippen LogP contribution in [0.1, 0.15) is 69.4 Å². The zero-order valence-corrected chi connectivity index (χ0v) is 24.5. The van der Waals surface area contributed by atoms with Gasteiger partial charge in [-0.05, 0) is 71.2 Å². The summed E-state index contributed by atoms with van der Waals surface area (Å²) in [5.74, 6) is -2.21. The molecular weight excluding hydrogens is 558 g/mol. The number of carbonyl (C=O) groups excluding carboxylic acids is 2. The molecule has 1 fully saturated rings. The Bertz CT molecular complexity index is 1550. The number of amides is 2. The van der Waals surface area contributed by atoms with Gasteiger partial charge in [0.25, 0.3) is 11.5 Å². The number of fused-ring (bicyclic) bond motifs is 1. The Morgan fingerprint density at radius 1 is 1.12 bits per heavy atom. The second-order valence-electron chi connectivity index (χ2n) is 11.9. The fourth-order valence-corrected chi connectivity index (χ4v) is 5.43. The van der Waals surface area contributed by atoms with Gasteiger partial charge in [-0.2, -0.15) is 10.0 Å². The van der Waals surface area contributed by atoms with Gasteiger partial charge in [-0.1, -0.05) is 0 Å². The van der Waals surface area contributed by atoms with Gasteiger partial charge in [-0.3, -0.25) is 19.4 Å². The van der Waals surface area contributed by atoms with E-state index in [0.29, 0.717) is 24.2 Å². The smallest absolute Gasteiger partial charge is 0.326 e. The molecular formula is C28H37N9O6. The molecule has 230 valence electrons. The number of nitrogens with two attached hydrogens (primary N) is 1. The molecule has 1 aromatic carbocycles. The van der Waals surface area contributed by atoms with Crippen molar-refractivity contribution >= 4 is 40.6 Å². The predicted octanol–water partition coefficient (Wildman–Crippen LogP) is 1.40. The van der Waals surface area contributed by atoms with Crippen molar-refractivity contribution in [3.05, 3.63) is 52.1 Å². The zero-order valence-electron chi connectivity index (χ0n) is 24.5. The van der Waals surface area contributed by atoms with Gasteiger partial charge in [-0.25, -0.2) is 14.8 Å². The third kappa shape index (κ3) is 7.61. The number of rotatable bonds is 10. The third-order valence-electron chi connectivity index (χ3n) is 7.37. The fourth-order valence-electron chi connectivity index (χ4n) is 5.43. The Labute approximate surface area is 247 Å². The average Bonchev–Trinajstić information content (AvgIpc) is 2.92. The van der Waals surface area contributed by atoms with E-state index in [4.69, 9.17) is 5.73 Å². The summed E-state index contributed by atoms with van der Waals surface area (Å²) in [7, 11) is 0. The number of aromatic nitrogens is 4. The maximum Gasteiger partial charge on any atom is 0.326 e. The summed E-state index contributed by atoms with van der Waals surface area (Å²) >= 11 is 0. The number of H-pyrrole nitrogens is 1. The molecule has 1 aliphatic heterocycles. The number of piperidine rings is 1. The molecule has 0 spiro atoms. The molecule has 2 aromatic heterocycles. The van der Waals surface area contributed by atoms with Crippen LogP contribution in [-0.2, 0) is 16.1 Å². The molecule has 2 amide bonds. The van der Waals surface area contributed by atoms with E-state index in [0.717, 1.165) is 0 Å². The van der Waals surface area contributed by atoms with E-state index in [1.165, 1.54) is 23.4 Å². The van der Waals surface area contributed by atoms with E-state index in [1.807, 2.05) is 27.7 Å². The highest BCUT2D eigenvalue weighted by atomic mass is 16.5. The lowest BCUT2D eigenvalue weighted by Gasteiger charge is -2.51. The van der Waals surface area contributed by atoms with E-state index >= 15 is 0 Å². The molecule has 3 heterocycles. The van der Waals surface area contributed by atoms with Crippen LogP contribution in [0.5, 0.6) is 0 Å². The number of aromatic amines is 1. The second-order valence-corrected chi connectivity index (χ2v) is 11.9. The molecule has 3 aromatic rings. The van der Waals surface area contributed by atoms with Crippen molar-refractivity contribution in [3.8, 4) is 0 Å². The quantitative estimate of drug-likeness (QED) is 0.176. The van der Waals surface area contributed by atoms with Crippen molar-refractivity contribution < 1.29 is 24.7 Å². The van der Waals surface area contributed by atoms with Crippen molar-refractivity contribution in [2.45, 2.75) is 83.1 Å². The molecule has 0 radical (unpaired) electrons. The molecule has 0 saturated carbocycles. The van der Waals surface area contributed by atoms with Crippen molar-refractivity contribution in [3.63, 3.8) is 0 Å². The number of nitrogens with zero attached hydrogens (tertiary/aromatic N) is 4. The molecule has 1 unspecified atom stereocenters. The van der Waals surface area contributed by atoms with E-state index in [1.54, 1.807) is 12.1 Å². The Hall–Kier alpha value is -4.63. The first-order valence-electron chi connectivity index (χ1n) is 13.8. The van der Waals surface area contributed by atoms with Gasteiger partial charge in [0.05, 0.1) is 18.4 Å². The van der Waals surface area contributed by atoms with Crippen LogP contribution >= 0.6 is 0 Å². The van der Waals surface area contributed by atoms with Gasteiger partial charge in [0.2, 0.25) is 11.9 Å². The normalized spacial score (nSPS) is 17.2. The van der Waals surface area contributed by atoms with Crippen LogP contribution < -0.4 is 27.2 Å². The maximum atomic E-state index is 12.8. The minimum absolute atomic E-state index is 0.0501.